The average molecular weight is 370 g/mol. The molecule has 3 rings (SSSR count). The molecule has 1 atom stereocenters. The highest BCUT2D eigenvalue weighted by molar-refractivity contribution is 7.98. The third kappa shape index (κ3) is 4.28. The molecule has 2 aromatic heterocycles. The summed E-state index contributed by atoms with van der Waals surface area (Å²) < 4.78 is 0. The molecule has 0 fully saturated rings. The molecular weight excluding hydrogens is 352 g/mol. The Hall–Kier alpha value is -2.15. The Balaban J connectivity index is 1.62. The summed E-state index contributed by atoms with van der Waals surface area (Å²) >= 11 is 3.10. The van der Waals surface area contributed by atoms with Gasteiger partial charge in [-0.2, -0.15) is 0 Å². The van der Waals surface area contributed by atoms with Gasteiger partial charge in [0.15, 0.2) is 0 Å². The smallest absolute Gasteiger partial charge is 0.254 e. The van der Waals surface area contributed by atoms with Gasteiger partial charge in [0.25, 0.3) is 5.91 Å². The largest absolute Gasteiger partial charge is 0.387 e. The molecule has 128 valence electrons. The Bertz CT molecular complexity index is 833. The lowest BCUT2D eigenvalue weighted by atomic mass is 10.1. The zero-order chi connectivity index (χ0) is 17.6. The Morgan fingerprint density at radius 1 is 1.24 bits per heavy atom. The van der Waals surface area contributed by atoms with E-state index in [1.54, 1.807) is 29.7 Å². The number of benzene rings is 1. The van der Waals surface area contributed by atoms with Gasteiger partial charge in [0, 0.05) is 17.6 Å². The van der Waals surface area contributed by atoms with Gasteiger partial charge >= 0.3 is 0 Å². The Morgan fingerprint density at radius 3 is 2.72 bits per heavy atom. The minimum Gasteiger partial charge on any atom is -0.387 e. The summed E-state index contributed by atoms with van der Waals surface area (Å²) in [6.45, 7) is 0.153. The number of carbonyl (C=O) groups is 1. The van der Waals surface area contributed by atoms with Crippen LogP contribution in [0.3, 0.4) is 0 Å². The number of amides is 1. The van der Waals surface area contributed by atoms with E-state index in [9.17, 15) is 9.90 Å². The minimum absolute atomic E-state index is 0.153. The van der Waals surface area contributed by atoms with Gasteiger partial charge in [-0.15, -0.1) is 23.1 Å². The van der Waals surface area contributed by atoms with Crippen LogP contribution in [0.5, 0.6) is 0 Å². The van der Waals surface area contributed by atoms with Crippen molar-refractivity contribution in [3.05, 3.63) is 71.2 Å². The fourth-order valence-corrected chi connectivity index (χ4v) is 3.72. The summed E-state index contributed by atoms with van der Waals surface area (Å²) in [7, 11) is 0. The summed E-state index contributed by atoms with van der Waals surface area (Å²) in [5.41, 5.74) is 2.42. The zero-order valence-electron chi connectivity index (χ0n) is 13.7. The third-order valence-corrected chi connectivity index (χ3v) is 5.40. The Labute approximate surface area is 154 Å². The van der Waals surface area contributed by atoms with Crippen LogP contribution in [0.1, 0.15) is 22.0 Å². The van der Waals surface area contributed by atoms with Gasteiger partial charge in [0.05, 0.1) is 11.7 Å². The van der Waals surface area contributed by atoms with Gasteiger partial charge in [-0.25, -0.2) is 4.98 Å². The number of aliphatic hydroxyl groups is 1. The molecular formula is C19H18N2O2S2. The van der Waals surface area contributed by atoms with E-state index in [-0.39, 0.29) is 12.5 Å². The maximum absolute atomic E-state index is 12.3. The number of thioether (sulfide) groups is 1. The van der Waals surface area contributed by atoms with Crippen LogP contribution < -0.4 is 5.32 Å². The van der Waals surface area contributed by atoms with Crippen molar-refractivity contribution in [2.24, 2.45) is 0 Å². The number of aromatic nitrogens is 1. The van der Waals surface area contributed by atoms with E-state index in [1.807, 2.05) is 42.0 Å². The molecule has 0 aliphatic rings. The maximum atomic E-state index is 12.3. The summed E-state index contributed by atoms with van der Waals surface area (Å²) in [6, 6.07) is 15.3. The number of aliphatic hydroxyl groups excluding tert-OH is 1. The van der Waals surface area contributed by atoms with Crippen LogP contribution >= 0.6 is 23.1 Å². The summed E-state index contributed by atoms with van der Waals surface area (Å²) in [6.07, 6.45) is 2.78. The number of thiophene rings is 1. The second-order valence-corrected chi connectivity index (χ2v) is 7.13. The molecule has 0 aliphatic carbocycles. The number of hydrogen-bond acceptors (Lipinski definition) is 5. The zero-order valence-corrected chi connectivity index (χ0v) is 15.3. The number of nitrogens with one attached hydrogen (secondary N) is 1. The van der Waals surface area contributed by atoms with E-state index in [2.05, 4.69) is 16.4 Å². The molecule has 3 aromatic rings. The highest BCUT2D eigenvalue weighted by Gasteiger charge is 2.14. The van der Waals surface area contributed by atoms with Gasteiger partial charge in [-0.05, 0) is 41.0 Å². The second kappa shape index (κ2) is 8.29. The van der Waals surface area contributed by atoms with E-state index >= 15 is 0 Å². The van der Waals surface area contributed by atoms with Gasteiger partial charge < -0.3 is 10.4 Å². The van der Waals surface area contributed by atoms with Crippen LogP contribution in [0, 0.1) is 0 Å². The lowest BCUT2D eigenvalue weighted by Gasteiger charge is -2.13. The van der Waals surface area contributed by atoms with Gasteiger partial charge in [0.1, 0.15) is 5.03 Å². The molecule has 0 radical (unpaired) electrons. The average Bonchev–Trinajstić information content (AvgIpc) is 3.20. The monoisotopic (exact) mass is 370 g/mol. The van der Waals surface area contributed by atoms with Gasteiger partial charge in [-0.3, -0.25) is 4.79 Å². The molecule has 1 amide bonds. The minimum atomic E-state index is -0.754. The first-order valence-electron chi connectivity index (χ1n) is 7.78. The molecule has 25 heavy (non-hydrogen) atoms. The fraction of sp³-hybridized carbons (Fsp3) is 0.158. The molecule has 4 nitrogen and oxygen atoms in total. The number of rotatable bonds is 6. The number of hydrogen-bond donors (Lipinski definition) is 2. The van der Waals surface area contributed by atoms with Crippen molar-refractivity contribution in [2.75, 3.05) is 12.8 Å². The first-order chi connectivity index (χ1) is 12.2. The molecule has 1 aromatic carbocycles. The van der Waals surface area contributed by atoms with E-state index in [1.165, 1.54) is 16.6 Å². The van der Waals surface area contributed by atoms with Crippen molar-refractivity contribution >= 4 is 29.0 Å². The lowest BCUT2D eigenvalue weighted by Crippen LogP contribution is -2.28. The molecule has 0 aliphatic heterocycles. The van der Waals surface area contributed by atoms with Crippen molar-refractivity contribution in [1.29, 1.82) is 0 Å². The molecule has 6 heteroatoms. The number of carbonyl (C=O) groups excluding carboxylic acids is 1. The molecule has 0 saturated heterocycles. The van der Waals surface area contributed by atoms with E-state index in [0.29, 0.717) is 10.6 Å². The first-order valence-corrected chi connectivity index (χ1v) is 9.88. The topological polar surface area (TPSA) is 62.2 Å². The van der Waals surface area contributed by atoms with Crippen LogP contribution in [0.15, 0.2) is 65.1 Å². The maximum Gasteiger partial charge on any atom is 0.254 e. The summed E-state index contributed by atoms with van der Waals surface area (Å²) in [5, 5.41) is 15.8. The molecule has 2 heterocycles. The Kier molecular flexibility index (Phi) is 5.86. The van der Waals surface area contributed by atoms with Crippen LogP contribution in [0.4, 0.5) is 0 Å². The van der Waals surface area contributed by atoms with Crippen LogP contribution in [-0.2, 0) is 0 Å². The third-order valence-electron chi connectivity index (χ3n) is 3.77. The van der Waals surface area contributed by atoms with Crippen molar-refractivity contribution in [2.45, 2.75) is 11.1 Å². The quantitative estimate of drug-likeness (QED) is 0.644. The predicted molar refractivity (Wildman–Crippen MR) is 103 cm³/mol. The predicted octanol–water partition coefficient (Wildman–Crippen LogP) is 4.00. The van der Waals surface area contributed by atoms with Crippen LogP contribution in [-0.4, -0.2) is 28.8 Å². The highest BCUT2D eigenvalue weighted by Crippen LogP contribution is 2.26. The summed E-state index contributed by atoms with van der Waals surface area (Å²) in [4.78, 5) is 17.7. The molecule has 0 bridgehead atoms. The molecule has 2 N–H and O–H groups in total. The van der Waals surface area contributed by atoms with E-state index in [4.69, 9.17) is 0 Å². The fourth-order valence-electron chi connectivity index (χ4n) is 2.44. The normalized spacial score (nSPS) is 11.9. The molecule has 1 unspecified atom stereocenters. The molecule has 0 saturated carbocycles. The van der Waals surface area contributed by atoms with Crippen molar-refractivity contribution in [3.8, 4) is 10.4 Å². The summed E-state index contributed by atoms with van der Waals surface area (Å²) in [5.74, 6) is -0.230. The molecule has 0 spiro atoms. The van der Waals surface area contributed by atoms with Gasteiger partial charge in [0.2, 0.25) is 0 Å². The van der Waals surface area contributed by atoms with Crippen molar-refractivity contribution in [3.63, 3.8) is 0 Å². The highest BCUT2D eigenvalue weighted by atomic mass is 32.2. The second-order valence-electron chi connectivity index (χ2n) is 5.39. The number of pyridine rings is 1. The SMILES string of the molecule is CSc1ncccc1C(=O)NCC(O)c1ccc(-c2cccs2)cc1. The van der Waals surface area contributed by atoms with E-state index in [0.717, 1.165) is 11.1 Å². The lowest BCUT2D eigenvalue weighted by molar-refractivity contribution is 0.0912. The Morgan fingerprint density at radius 2 is 2.04 bits per heavy atom. The van der Waals surface area contributed by atoms with Crippen molar-refractivity contribution < 1.29 is 9.90 Å². The van der Waals surface area contributed by atoms with Crippen LogP contribution in [0.2, 0.25) is 0 Å². The standard InChI is InChI=1S/C19H18N2O2S2/c1-24-19-15(4-2-10-20-19)18(23)21-12-16(22)13-6-8-14(9-7-13)17-5-3-11-25-17/h2-11,16,22H,12H2,1H3,(H,21,23). The van der Waals surface area contributed by atoms with E-state index < -0.39 is 6.10 Å². The van der Waals surface area contributed by atoms with Gasteiger partial charge in [-0.1, -0.05) is 30.3 Å². The van der Waals surface area contributed by atoms with Crippen molar-refractivity contribution in [1.82, 2.24) is 10.3 Å². The number of nitrogens with zero attached hydrogens (tertiary/aromatic N) is 1. The van der Waals surface area contributed by atoms with Crippen LogP contribution in [0.25, 0.3) is 10.4 Å². The first kappa shape index (κ1) is 17.7.